The van der Waals surface area contributed by atoms with Crippen LogP contribution in [0.25, 0.3) is 0 Å². The maximum Gasteiger partial charge on any atom is 0.338 e. The van der Waals surface area contributed by atoms with Crippen LogP contribution in [0, 0.1) is 0 Å². The first-order valence-electron chi connectivity index (χ1n) is 10.5. The Kier molecular flexibility index (Phi) is 8.38. The van der Waals surface area contributed by atoms with Crippen LogP contribution >= 0.6 is 0 Å². The number of carbonyl (C=O) groups excluding carboxylic acids is 2. The summed E-state index contributed by atoms with van der Waals surface area (Å²) >= 11 is 0. The van der Waals surface area contributed by atoms with E-state index in [1.54, 1.807) is 48.5 Å². The molecule has 1 heterocycles. The molecule has 0 amide bonds. The van der Waals surface area contributed by atoms with E-state index in [1.165, 1.54) is 0 Å². The van der Waals surface area contributed by atoms with Crippen molar-refractivity contribution in [3.8, 4) is 0 Å². The quantitative estimate of drug-likeness (QED) is 0.334. The molecule has 0 radical (unpaired) electrons. The van der Waals surface area contributed by atoms with Crippen molar-refractivity contribution in [3.05, 3.63) is 84.4 Å². The fraction of sp³-hybridized carbons (Fsp3) is 0.360. The highest BCUT2D eigenvalue weighted by Crippen LogP contribution is 2.27. The van der Waals surface area contributed by atoms with Gasteiger partial charge in [-0.05, 0) is 44.0 Å². The lowest BCUT2D eigenvalue weighted by Gasteiger charge is -2.38. The second kappa shape index (κ2) is 11.4. The van der Waals surface area contributed by atoms with Crippen molar-refractivity contribution in [2.24, 2.45) is 0 Å². The average molecular weight is 424 g/mol. The molecule has 0 N–H and O–H groups in total. The Morgan fingerprint density at radius 3 is 2.06 bits per heavy atom. The fourth-order valence-corrected chi connectivity index (χ4v) is 3.30. The Balaban J connectivity index is 1.68. The lowest BCUT2D eigenvalue weighted by atomic mass is 10.0. The monoisotopic (exact) mass is 424 g/mol. The molecule has 2 aromatic carbocycles. The summed E-state index contributed by atoms with van der Waals surface area (Å²) in [6, 6.07) is 17.5. The van der Waals surface area contributed by atoms with Crippen molar-refractivity contribution in [2.75, 3.05) is 6.61 Å². The normalized spacial score (nSPS) is 23.0. The fourth-order valence-electron chi connectivity index (χ4n) is 3.30. The van der Waals surface area contributed by atoms with Crippen LogP contribution in [0.3, 0.4) is 0 Å². The minimum absolute atomic E-state index is 0.282. The van der Waals surface area contributed by atoms with Gasteiger partial charge in [0.25, 0.3) is 0 Å². The molecule has 1 aliphatic rings. The first kappa shape index (κ1) is 22.7. The highest BCUT2D eigenvalue weighted by atomic mass is 16.7. The van der Waals surface area contributed by atoms with E-state index in [2.05, 4.69) is 6.58 Å². The van der Waals surface area contributed by atoms with Gasteiger partial charge in [-0.15, -0.1) is 6.58 Å². The highest BCUT2D eigenvalue weighted by Gasteiger charge is 2.41. The summed E-state index contributed by atoms with van der Waals surface area (Å²) in [5, 5.41) is 0. The van der Waals surface area contributed by atoms with Gasteiger partial charge >= 0.3 is 11.9 Å². The summed E-state index contributed by atoms with van der Waals surface area (Å²) in [6.07, 6.45) is 1.26. The molecular weight excluding hydrogens is 396 g/mol. The van der Waals surface area contributed by atoms with Crippen LogP contribution in [-0.2, 0) is 18.9 Å². The molecule has 31 heavy (non-hydrogen) atoms. The number of hydrogen-bond donors (Lipinski definition) is 0. The number of rotatable bonds is 9. The first-order chi connectivity index (χ1) is 15.1. The number of unbranched alkanes of at least 4 members (excludes halogenated alkanes) is 1. The van der Waals surface area contributed by atoms with Gasteiger partial charge in [0.1, 0.15) is 6.10 Å². The number of esters is 2. The van der Waals surface area contributed by atoms with E-state index >= 15 is 0 Å². The Morgan fingerprint density at radius 1 is 0.968 bits per heavy atom. The number of benzene rings is 2. The van der Waals surface area contributed by atoms with Crippen molar-refractivity contribution in [1.29, 1.82) is 0 Å². The molecule has 1 fully saturated rings. The second-order valence-electron chi connectivity index (χ2n) is 7.37. The van der Waals surface area contributed by atoms with E-state index < -0.39 is 36.5 Å². The molecule has 1 unspecified atom stereocenters. The van der Waals surface area contributed by atoms with Crippen LogP contribution in [-0.4, -0.2) is 43.1 Å². The molecule has 0 saturated carbocycles. The third-order valence-corrected chi connectivity index (χ3v) is 5.01. The zero-order valence-corrected chi connectivity index (χ0v) is 17.6. The molecule has 3 rings (SSSR count). The van der Waals surface area contributed by atoms with E-state index in [1.807, 2.05) is 25.1 Å². The van der Waals surface area contributed by atoms with Gasteiger partial charge in [0.15, 0.2) is 12.4 Å². The van der Waals surface area contributed by atoms with Crippen LogP contribution in [0.15, 0.2) is 73.3 Å². The van der Waals surface area contributed by atoms with Gasteiger partial charge in [-0.2, -0.15) is 0 Å². The molecule has 6 heteroatoms. The predicted molar refractivity (Wildman–Crippen MR) is 116 cm³/mol. The van der Waals surface area contributed by atoms with Crippen molar-refractivity contribution < 1.29 is 28.5 Å². The van der Waals surface area contributed by atoms with Crippen LogP contribution in [0.2, 0.25) is 0 Å². The maximum absolute atomic E-state index is 12.6. The number of carbonyl (C=O) groups is 2. The minimum atomic E-state index is -0.737. The molecular formula is C25H28O6. The van der Waals surface area contributed by atoms with Crippen LogP contribution in [0.1, 0.15) is 46.9 Å². The number of hydrogen-bond acceptors (Lipinski definition) is 6. The smallest absolute Gasteiger partial charge is 0.338 e. The first-order valence-corrected chi connectivity index (χ1v) is 10.5. The van der Waals surface area contributed by atoms with E-state index in [-0.39, 0.29) is 6.42 Å². The zero-order chi connectivity index (χ0) is 22.1. The summed E-state index contributed by atoms with van der Waals surface area (Å²) in [5.74, 6) is -0.920. The molecule has 6 nitrogen and oxygen atoms in total. The Morgan fingerprint density at radius 2 is 1.52 bits per heavy atom. The molecule has 164 valence electrons. The molecule has 0 spiro atoms. The molecule has 1 aliphatic heterocycles. The molecule has 0 aromatic heterocycles. The van der Waals surface area contributed by atoms with E-state index in [9.17, 15) is 9.59 Å². The van der Waals surface area contributed by atoms with Gasteiger partial charge in [-0.25, -0.2) is 9.59 Å². The summed E-state index contributed by atoms with van der Waals surface area (Å²) in [4.78, 5) is 25.1. The maximum atomic E-state index is 12.6. The van der Waals surface area contributed by atoms with Gasteiger partial charge in [0, 0.05) is 6.42 Å². The largest absolute Gasteiger partial charge is 0.456 e. The topological polar surface area (TPSA) is 71.1 Å². The molecule has 4 atom stereocenters. The summed E-state index contributed by atoms with van der Waals surface area (Å²) < 4.78 is 23.2. The van der Waals surface area contributed by atoms with Gasteiger partial charge in [0.05, 0.1) is 23.8 Å². The van der Waals surface area contributed by atoms with Gasteiger partial charge < -0.3 is 18.9 Å². The molecule has 1 saturated heterocycles. The SMILES string of the molecule is C=CCCCO[C@@H]1OC(C)[C@H](OC(=O)c2ccccc2)C[C@H]1OC(=O)c1ccccc1. The standard InChI is InChI=1S/C25H28O6/c1-3-4-11-16-28-25-22(31-24(27)20-14-9-6-10-15-20)17-21(18(2)29-25)30-23(26)19-12-7-5-8-13-19/h3,5-10,12-15,18,21-22,25H,1,4,11,16-17H2,2H3/t18?,21-,22-,25-/m1/s1. The highest BCUT2D eigenvalue weighted by molar-refractivity contribution is 5.90. The third kappa shape index (κ3) is 6.51. The second-order valence-corrected chi connectivity index (χ2v) is 7.37. The van der Waals surface area contributed by atoms with Gasteiger partial charge in [0.2, 0.25) is 0 Å². The number of allylic oxidation sites excluding steroid dienone is 1. The third-order valence-electron chi connectivity index (χ3n) is 5.01. The zero-order valence-electron chi connectivity index (χ0n) is 17.6. The van der Waals surface area contributed by atoms with Gasteiger partial charge in [-0.3, -0.25) is 0 Å². The van der Waals surface area contributed by atoms with Crippen molar-refractivity contribution in [1.82, 2.24) is 0 Å². The lowest BCUT2D eigenvalue weighted by Crippen LogP contribution is -2.50. The molecule has 2 aromatic rings. The predicted octanol–water partition coefficient (Wildman–Crippen LogP) is 4.56. The van der Waals surface area contributed by atoms with Crippen LogP contribution in [0.4, 0.5) is 0 Å². The average Bonchev–Trinajstić information content (AvgIpc) is 2.80. The Labute approximate surface area is 182 Å². The van der Waals surface area contributed by atoms with Crippen molar-refractivity contribution in [2.45, 2.75) is 50.8 Å². The van der Waals surface area contributed by atoms with Crippen molar-refractivity contribution in [3.63, 3.8) is 0 Å². The lowest BCUT2D eigenvalue weighted by molar-refractivity contribution is -0.260. The van der Waals surface area contributed by atoms with Crippen LogP contribution < -0.4 is 0 Å². The summed E-state index contributed by atoms with van der Waals surface area (Å²) in [6.45, 7) is 5.96. The molecule has 0 aliphatic carbocycles. The summed E-state index contributed by atoms with van der Waals surface area (Å²) in [7, 11) is 0. The van der Waals surface area contributed by atoms with Gasteiger partial charge in [-0.1, -0.05) is 42.5 Å². The van der Waals surface area contributed by atoms with E-state index in [0.29, 0.717) is 17.7 Å². The van der Waals surface area contributed by atoms with E-state index in [4.69, 9.17) is 18.9 Å². The van der Waals surface area contributed by atoms with E-state index in [0.717, 1.165) is 12.8 Å². The van der Waals surface area contributed by atoms with Crippen molar-refractivity contribution >= 4 is 11.9 Å². The number of ether oxygens (including phenoxy) is 4. The Bertz CT molecular complexity index is 851. The minimum Gasteiger partial charge on any atom is -0.456 e. The Hall–Kier alpha value is -2.96. The summed E-state index contributed by atoms with van der Waals surface area (Å²) in [5.41, 5.74) is 0.889. The van der Waals surface area contributed by atoms with Crippen LogP contribution in [0.5, 0.6) is 0 Å². The molecule has 0 bridgehead atoms.